The summed E-state index contributed by atoms with van der Waals surface area (Å²) in [5.41, 5.74) is 8.04. The predicted octanol–water partition coefficient (Wildman–Crippen LogP) is 3.03. The predicted molar refractivity (Wildman–Crippen MR) is 73.4 cm³/mol. The molecule has 0 radical (unpaired) electrons. The lowest BCUT2D eigenvalue weighted by Gasteiger charge is -2.13. The molecule has 0 aliphatic heterocycles. The number of benzene rings is 1. The van der Waals surface area contributed by atoms with E-state index in [-0.39, 0.29) is 5.88 Å². The first-order valence-corrected chi connectivity index (χ1v) is 6.28. The number of nitrogens with zero attached hydrogens (tertiary/aromatic N) is 1. The molecule has 0 bridgehead atoms. The Kier molecular flexibility index (Phi) is 3.94. The minimum absolute atomic E-state index is 0.274. The van der Waals surface area contributed by atoms with Crippen LogP contribution >= 0.6 is 0 Å². The molecule has 0 fully saturated rings. The summed E-state index contributed by atoms with van der Waals surface area (Å²) in [5, 5.41) is 3.92. The van der Waals surface area contributed by atoms with Crippen molar-refractivity contribution in [2.75, 3.05) is 18.9 Å². The van der Waals surface area contributed by atoms with Gasteiger partial charge in [0.05, 0.1) is 13.2 Å². The van der Waals surface area contributed by atoms with Gasteiger partial charge in [0.2, 0.25) is 5.88 Å². The average molecular weight is 262 g/mol. The van der Waals surface area contributed by atoms with Crippen LogP contribution in [0.5, 0.6) is 11.5 Å². The van der Waals surface area contributed by atoms with E-state index in [1.807, 2.05) is 32.9 Å². The Morgan fingerprint density at radius 2 is 1.79 bits per heavy atom. The second-order valence-corrected chi connectivity index (χ2v) is 4.09. The summed E-state index contributed by atoms with van der Waals surface area (Å²) in [6.07, 6.45) is 0. The van der Waals surface area contributed by atoms with Gasteiger partial charge in [0.25, 0.3) is 0 Å². The number of aryl methyl sites for hydroxylation is 1. The first kappa shape index (κ1) is 13.3. The van der Waals surface area contributed by atoms with Gasteiger partial charge in [0, 0.05) is 11.6 Å². The standard InChI is InChI=1S/C14H18N2O3/c1-4-17-12-7-10(11-8-14(15)19-16-11)13(18-5-2)6-9(12)3/h6-8H,4-5,15H2,1-3H3. The molecule has 0 unspecified atom stereocenters. The van der Waals surface area contributed by atoms with Gasteiger partial charge in [-0.2, -0.15) is 0 Å². The van der Waals surface area contributed by atoms with Crippen molar-refractivity contribution in [3.8, 4) is 22.8 Å². The minimum atomic E-state index is 0.274. The minimum Gasteiger partial charge on any atom is -0.494 e. The molecule has 102 valence electrons. The second kappa shape index (κ2) is 5.65. The van der Waals surface area contributed by atoms with Crippen LogP contribution in [-0.4, -0.2) is 18.4 Å². The van der Waals surface area contributed by atoms with Crippen LogP contribution in [0.15, 0.2) is 22.7 Å². The quantitative estimate of drug-likeness (QED) is 0.896. The van der Waals surface area contributed by atoms with Gasteiger partial charge in [-0.15, -0.1) is 0 Å². The van der Waals surface area contributed by atoms with Crippen molar-refractivity contribution in [2.45, 2.75) is 20.8 Å². The van der Waals surface area contributed by atoms with Crippen molar-refractivity contribution in [1.82, 2.24) is 5.16 Å². The molecule has 1 aromatic heterocycles. The number of hydrogen-bond donors (Lipinski definition) is 1. The summed E-state index contributed by atoms with van der Waals surface area (Å²) in [7, 11) is 0. The van der Waals surface area contributed by atoms with Crippen molar-refractivity contribution in [3.05, 3.63) is 23.8 Å². The van der Waals surface area contributed by atoms with Crippen LogP contribution in [0, 0.1) is 6.92 Å². The molecule has 1 heterocycles. The fourth-order valence-electron chi connectivity index (χ4n) is 1.86. The van der Waals surface area contributed by atoms with Crippen molar-refractivity contribution < 1.29 is 14.0 Å². The van der Waals surface area contributed by atoms with E-state index in [9.17, 15) is 0 Å². The van der Waals surface area contributed by atoms with Gasteiger partial charge in [0.15, 0.2) is 0 Å². The Morgan fingerprint density at radius 1 is 1.11 bits per heavy atom. The van der Waals surface area contributed by atoms with Crippen LogP contribution in [-0.2, 0) is 0 Å². The van der Waals surface area contributed by atoms with Gasteiger partial charge in [0.1, 0.15) is 17.2 Å². The highest BCUT2D eigenvalue weighted by atomic mass is 16.5. The number of anilines is 1. The molecular formula is C14H18N2O3. The highest BCUT2D eigenvalue weighted by Gasteiger charge is 2.14. The van der Waals surface area contributed by atoms with E-state index in [4.69, 9.17) is 19.7 Å². The van der Waals surface area contributed by atoms with Gasteiger partial charge >= 0.3 is 0 Å². The molecular weight excluding hydrogens is 244 g/mol. The summed E-state index contributed by atoms with van der Waals surface area (Å²) in [5.74, 6) is 1.83. The molecule has 0 aliphatic rings. The highest BCUT2D eigenvalue weighted by Crippen LogP contribution is 2.36. The highest BCUT2D eigenvalue weighted by molar-refractivity contribution is 5.71. The molecule has 19 heavy (non-hydrogen) atoms. The zero-order valence-electron chi connectivity index (χ0n) is 11.4. The van der Waals surface area contributed by atoms with E-state index in [0.717, 1.165) is 22.6 Å². The normalized spacial score (nSPS) is 10.5. The molecule has 5 heteroatoms. The van der Waals surface area contributed by atoms with Gasteiger partial charge < -0.3 is 19.7 Å². The van der Waals surface area contributed by atoms with Crippen molar-refractivity contribution in [2.24, 2.45) is 0 Å². The third-order valence-corrected chi connectivity index (χ3v) is 2.68. The Morgan fingerprint density at radius 3 is 2.37 bits per heavy atom. The Labute approximate surface area is 112 Å². The number of aromatic nitrogens is 1. The van der Waals surface area contributed by atoms with E-state index >= 15 is 0 Å². The third-order valence-electron chi connectivity index (χ3n) is 2.68. The Balaban J connectivity index is 2.51. The smallest absolute Gasteiger partial charge is 0.222 e. The third kappa shape index (κ3) is 2.81. The molecule has 2 N–H and O–H groups in total. The molecule has 0 atom stereocenters. The molecule has 2 aromatic rings. The number of ether oxygens (including phenoxy) is 2. The summed E-state index contributed by atoms with van der Waals surface area (Å²) >= 11 is 0. The van der Waals surface area contributed by atoms with E-state index in [1.54, 1.807) is 6.07 Å². The number of rotatable bonds is 5. The van der Waals surface area contributed by atoms with Gasteiger partial charge in [-0.05, 0) is 38.5 Å². The summed E-state index contributed by atoms with van der Waals surface area (Å²) in [4.78, 5) is 0. The zero-order valence-corrected chi connectivity index (χ0v) is 11.4. The maximum Gasteiger partial charge on any atom is 0.222 e. The van der Waals surface area contributed by atoms with Crippen molar-refractivity contribution in [3.63, 3.8) is 0 Å². The largest absolute Gasteiger partial charge is 0.494 e. The molecule has 1 aromatic carbocycles. The van der Waals surface area contributed by atoms with Crippen LogP contribution in [0.4, 0.5) is 5.88 Å². The lowest BCUT2D eigenvalue weighted by molar-refractivity contribution is 0.329. The van der Waals surface area contributed by atoms with Crippen LogP contribution in [0.2, 0.25) is 0 Å². The van der Waals surface area contributed by atoms with Gasteiger partial charge in [-0.1, -0.05) is 5.16 Å². The molecule has 0 aliphatic carbocycles. The Hall–Kier alpha value is -2.17. The number of hydrogen-bond acceptors (Lipinski definition) is 5. The first-order chi connectivity index (χ1) is 9.15. The summed E-state index contributed by atoms with van der Waals surface area (Å²) in [6, 6.07) is 5.51. The van der Waals surface area contributed by atoms with Crippen LogP contribution in [0.1, 0.15) is 19.4 Å². The van der Waals surface area contributed by atoms with Gasteiger partial charge in [-0.25, -0.2) is 0 Å². The maximum absolute atomic E-state index is 5.64. The van der Waals surface area contributed by atoms with Crippen molar-refractivity contribution in [1.29, 1.82) is 0 Å². The summed E-state index contributed by atoms with van der Waals surface area (Å²) < 4.78 is 16.1. The number of nitrogens with two attached hydrogens (primary N) is 1. The zero-order chi connectivity index (χ0) is 13.8. The van der Waals surface area contributed by atoms with Crippen LogP contribution < -0.4 is 15.2 Å². The Bertz CT molecular complexity index is 564. The number of nitrogen functional groups attached to an aromatic ring is 1. The fourth-order valence-corrected chi connectivity index (χ4v) is 1.86. The molecule has 0 amide bonds. The second-order valence-electron chi connectivity index (χ2n) is 4.09. The molecule has 0 saturated carbocycles. The van der Waals surface area contributed by atoms with E-state index in [1.165, 1.54) is 0 Å². The molecule has 2 rings (SSSR count). The maximum atomic E-state index is 5.64. The molecule has 0 saturated heterocycles. The topological polar surface area (TPSA) is 70.5 Å². The fraction of sp³-hybridized carbons (Fsp3) is 0.357. The van der Waals surface area contributed by atoms with E-state index < -0.39 is 0 Å². The van der Waals surface area contributed by atoms with Crippen LogP contribution in [0.3, 0.4) is 0 Å². The average Bonchev–Trinajstić information content (AvgIpc) is 2.79. The van der Waals surface area contributed by atoms with E-state index in [0.29, 0.717) is 18.9 Å². The van der Waals surface area contributed by atoms with Crippen LogP contribution in [0.25, 0.3) is 11.3 Å². The molecule has 5 nitrogen and oxygen atoms in total. The van der Waals surface area contributed by atoms with Gasteiger partial charge in [-0.3, -0.25) is 0 Å². The van der Waals surface area contributed by atoms with Crippen molar-refractivity contribution >= 4 is 5.88 Å². The SMILES string of the molecule is CCOc1cc(-c2cc(N)on2)c(OCC)cc1C. The monoisotopic (exact) mass is 262 g/mol. The molecule has 0 spiro atoms. The lowest BCUT2D eigenvalue weighted by atomic mass is 10.1. The summed E-state index contributed by atoms with van der Waals surface area (Å²) in [6.45, 7) is 7.05. The van der Waals surface area contributed by atoms with E-state index in [2.05, 4.69) is 5.16 Å². The lowest BCUT2D eigenvalue weighted by Crippen LogP contribution is -1.99. The first-order valence-electron chi connectivity index (χ1n) is 6.28.